The number of nitrogens with zero attached hydrogens (tertiary/aromatic N) is 2. The Bertz CT molecular complexity index is 1060. The number of ether oxygens (including phenoxy) is 2. The second-order valence-corrected chi connectivity index (χ2v) is 7.90. The predicted molar refractivity (Wildman–Crippen MR) is 115 cm³/mol. The van der Waals surface area contributed by atoms with Crippen molar-refractivity contribution in [2.24, 2.45) is 0 Å². The summed E-state index contributed by atoms with van der Waals surface area (Å²) in [4.78, 5) is 16.8. The van der Waals surface area contributed by atoms with Gasteiger partial charge in [0.05, 0.1) is 5.56 Å². The summed E-state index contributed by atoms with van der Waals surface area (Å²) in [7, 11) is 2.01. The molecular formula is C25H23FN2O3. The molecule has 31 heavy (non-hydrogen) atoms. The van der Waals surface area contributed by atoms with Gasteiger partial charge in [0.1, 0.15) is 0 Å². The molecule has 0 N–H and O–H groups in total. The third-order valence-corrected chi connectivity index (χ3v) is 5.89. The van der Waals surface area contributed by atoms with E-state index in [1.165, 1.54) is 6.07 Å². The van der Waals surface area contributed by atoms with Crippen LogP contribution >= 0.6 is 0 Å². The highest BCUT2D eigenvalue weighted by atomic mass is 19.1. The lowest BCUT2D eigenvalue weighted by Gasteiger charge is -2.32. The van der Waals surface area contributed by atoms with Crippen LogP contribution in [-0.2, 0) is 5.79 Å². The molecule has 6 heteroatoms. The number of rotatable bonds is 3. The molecule has 0 bridgehead atoms. The van der Waals surface area contributed by atoms with Crippen LogP contribution in [0.2, 0.25) is 0 Å². The number of halogens is 1. The predicted octanol–water partition coefficient (Wildman–Crippen LogP) is 3.89. The number of carbonyl (C=O) groups is 1. The zero-order valence-electron chi connectivity index (χ0n) is 17.3. The lowest BCUT2D eigenvalue weighted by molar-refractivity contribution is -0.0473. The first-order valence-electron chi connectivity index (χ1n) is 10.4. The van der Waals surface area contributed by atoms with Crippen LogP contribution in [0.15, 0.2) is 72.8 Å². The second-order valence-electron chi connectivity index (χ2n) is 7.90. The van der Waals surface area contributed by atoms with Gasteiger partial charge in [0.15, 0.2) is 11.6 Å². The molecule has 0 saturated carbocycles. The van der Waals surface area contributed by atoms with Crippen LogP contribution in [0.4, 0.5) is 4.39 Å². The third-order valence-electron chi connectivity index (χ3n) is 5.89. The maximum atomic E-state index is 15.6. The van der Waals surface area contributed by atoms with Gasteiger partial charge in [-0.2, -0.15) is 0 Å². The van der Waals surface area contributed by atoms with Gasteiger partial charge in [-0.3, -0.25) is 4.79 Å². The lowest BCUT2D eigenvalue weighted by Crippen LogP contribution is -2.47. The summed E-state index contributed by atoms with van der Waals surface area (Å²) < 4.78 is 28.0. The van der Waals surface area contributed by atoms with Crippen molar-refractivity contribution in [2.75, 3.05) is 33.2 Å². The third kappa shape index (κ3) is 3.33. The van der Waals surface area contributed by atoms with E-state index in [-0.39, 0.29) is 23.0 Å². The molecular weight excluding hydrogens is 395 g/mol. The quantitative estimate of drug-likeness (QED) is 0.647. The number of piperazine rings is 1. The van der Waals surface area contributed by atoms with E-state index in [0.717, 1.165) is 24.2 Å². The molecule has 0 radical (unpaired) electrons. The fourth-order valence-corrected chi connectivity index (χ4v) is 4.10. The fourth-order valence-electron chi connectivity index (χ4n) is 4.10. The molecule has 1 fully saturated rings. The van der Waals surface area contributed by atoms with Crippen molar-refractivity contribution >= 4 is 5.91 Å². The van der Waals surface area contributed by atoms with Crippen molar-refractivity contribution in [1.82, 2.24) is 9.80 Å². The van der Waals surface area contributed by atoms with E-state index in [1.54, 1.807) is 11.0 Å². The smallest absolute Gasteiger partial charge is 0.305 e. The van der Waals surface area contributed by atoms with E-state index in [1.807, 2.05) is 67.7 Å². The van der Waals surface area contributed by atoms with Gasteiger partial charge < -0.3 is 19.3 Å². The number of hydrogen-bond donors (Lipinski definition) is 0. The highest BCUT2D eigenvalue weighted by Crippen LogP contribution is 2.49. The normalized spacial score (nSPS) is 17.5. The topological polar surface area (TPSA) is 42.0 Å². The summed E-state index contributed by atoms with van der Waals surface area (Å²) in [6.07, 6.45) is 0. The highest BCUT2D eigenvalue weighted by molar-refractivity contribution is 5.95. The molecule has 0 unspecified atom stereocenters. The van der Waals surface area contributed by atoms with E-state index < -0.39 is 11.6 Å². The van der Waals surface area contributed by atoms with E-state index >= 15 is 4.39 Å². The number of likely N-dealkylation sites (N-methyl/N-ethyl adjacent to an activating group) is 1. The van der Waals surface area contributed by atoms with Crippen LogP contribution in [0, 0.1) is 5.82 Å². The van der Waals surface area contributed by atoms with E-state index in [4.69, 9.17) is 9.47 Å². The first kappa shape index (κ1) is 19.6. The monoisotopic (exact) mass is 418 g/mol. The minimum atomic E-state index is -1.32. The molecule has 0 aromatic heterocycles. The van der Waals surface area contributed by atoms with Gasteiger partial charge in [0.2, 0.25) is 5.75 Å². The summed E-state index contributed by atoms with van der Waals surface area (Å²) in [5.74, 6) is -2.09. The van der Waals surface area contributed by atoms with Crippen LogP contribution in [-0.4, -0.2) is 48.9 Å². The fraction of sp³-hybridized carbons (Fsp3) is 0.240. The molecule has 3 aromatic rings. The minimum absolute atomic E-state index is 0.00354. The van der Waals surface area contributed by atoms with Crippen LogP contribution in [0.3, 0.4) is 0 Å². The van der Waals surface area contributed by atoms with Crippen molar-refractivity contribution in [3.05, 3.63) is 95.3 Å². The molecule has 1 amide bonds. The summed E-state index contributed by atoms with van der Waals surface area (Å²) in [5.41, 5.74) is 1.48. The van der Waals surface area contributed by atoms with Gasteiger partial charge in [0.25, 0.3) is 5.91 Å². The molecule has 2 aliphatic heterocycles. The van der Waals surface area contributed by atoms with Crippen molar-refractivity contribution < 1.29 is 18.7 Å². The maximum Gasteiger partial charge on any atom is 0.305 e. The molecule has 2 aliphatic rings. The molecule has 1 saturated heterocycles. The first-order valence-corrected chi connectivity index (χ1v) is 10.4. The Morgan fingerprint density at radius 2 is 1.42 bits per heavy atom. The van der Waals surface area contributed by atoms with E-state index in [2.05, 4.69) is 4.90 Å². The molecule has 5 nitrogen and oxygen atoms in total. The molecule has 0 atom stereocenters. The average Bonchev–Trinajstić information content (AvgIpc) is 3.23. The largest absolute Gasteiger partial charge is 0.440 e. The summed E-state index contributed by atoms with van der Waals surface area (Å²) in [6.45, 7) is 2.68. The second kappa shape index (κ2) is 7.71. The van der Waals surface area contributed by atoms with Crippen LogP contribution < -0.4 is 9.47 Å². The van der Waals surface area contributed by atoms with Gasteiger partial charge >= 0.3 is 5.79 Å². The Hall–Kier alpha value is -3.38. The standard InChI is InChI=1S/C25H23FN2O3/c1-27-14-16-28(17-15-27)24(29)20-12-13-21-23(22(20)26)31-25(30-21,18-8-4-2-5-9-18)19-10-6-3-7-11-19/h2-13H,14-17H2,1H3. The van der Waals surface area contributed by atoms with Crippen LogP contribution in [0.25, 0.3) is 0 Å². The minimum Gasteiger partial charge on any atom is -0.440 e. The average molecular weight is 418 g/mol. The Morgan fingerprint density at radius 1 is 0.839 bits per heavy atom. The Labute approximate surface area is 180 Å². The molecule has 158 valence electrons. The zero-order chi connectivity index (χ0) is 21.4. The number of fused-ring (bicyclic) bond motifs is 1. The number of hydrogen-bond acceptors (Lipinski definition) is 4. The first-order chi connectivity index (χ1) is 15.1. The maximum absolute atomic E-state index is 15.6. The number of carbonyl (C=O) groups excluding carboxylic acids is 1. The lowest BCUT2D eigenvalue weighted by atomic mass is 9.97. The number of amides is 1. The van der Waals surface area contributed by atoms with Crippen molar-refractivity contribution in [1.29, 1.82) is 0 Å². The van der Waals surface area contributed by atoms with Crippen LogP contribution in [0.5, 0.6) is 11.5 Å². The highest BCUT2D eigenvalue weighted by Gasteiger charge is 2.47. The Balaban J connectivity index is 1.54. The summed E-state index contributed by atoms with van der Waals surface area (Å²) in [5, 5.41) is 0. The molecule has 5 rings (SSSR count). The van der Waals surface area contributed by atoms with Crippen LogP contribution in [0.1, 0.15) is 21.5 Å². The van der Waals surface area contributed by atoms with Gasteiger partial charge in [-0.05, 0) is 19.2 Å². The van der Waals surface area contributed by atoms with Crippen molar-refractivity contribution in [3.63, 3.8) is 0 Å². The Morgan fingerprint density at radius 3 is 2.00 bits per heavy atom. The zero-order valence-corrected chi connectivity index (χ0v) is 17.3. The molecule has 0 aliphatic carbocycles. The van der Waals surface area contributed by atoms with Gasteiger partial charge in [-0.25, -0.2) is 4.39 Å². The van der Waals surface area contributed by atoms with E-state index in [0.29, 0.717) is 13.1 Å². The summed E-state index contributed by atoms with van der Waals surface area (Å²) >= 11 is 0. The van der Waals surface area contributed by atoms with Crippen molar-refractivity contribution in [2.45, 2.75) is 5.79 Å². The Kier molecular flexibility index (Phi) is 4.87. The molecule has 0 spiro atoms. The van der Waals surface area contributed by atoms with E-state index in [9.17, 15) is 4.79 Å². The SMILES string of the molecule is CN1CCN(C(=O)c2ccc3c(c2F)OC(c2ccccc2)(c2ccccc2)O3)CC1. The van der Waals surface area contributed by atoms with Gasteiger partial charge in [-0.1, -0.05) is 60.7 Å². The van der Waals surface area contributed by atoms with Crippen molar-refractivity contribution in [3.8, 4) is 11.5 Å². The number of benzene rings is 3. The summed E-state index contributed by atoms with van der Waals surface area (Å²) in [6, 6.07) is 22.0. The van der Waals surface area contributed by atoms with Gasteiger partial charge in [0, 0.05) is 37.3 Å². The van der Waals surface area contributed by atoms with Gasteiger partial charge in [-0.15, -0.1) is 0 Å². The molecule has 3 aromatic carbocycles. The molecule has 2 heterocycles.